The lowest BCUT2D eigenvalue weighted by Gasteiger charge is -2.18. The van der Waals surface area contributed by atoms with Gasteiger partial charge in [0.1, 0.15) is 13.2 Å². The minimum absolute atomic E-state index is 0.0953. The van der Waals surface area contributed by atoms with E-state index in [0.717, 1.165) is 77.0 Å². The lowest BCUT2D eigenvalue weighted by Crippen LogP contribution is -2.30. The summed E-state index contributed by atoms with van der Waals surface area (Å²) < 4.78 is 16.8. The van der Waals surface area contributed by atoms with Crippen LogP contribution in [0.15, 0.2) is 72.9 Å². The molecule has 0 saturated heterocycles. The molecule has 0 amide bonds. The van der Waals surface area contributed by atoms with Gasteiger partial charge < -0.3 is 14.2 Å². The Morgan fingerprint density at radius 2 is 0.554 bits per heavy atom. The van der Waals surface area contributed by atoms with Crippen LogP contribution in [0.3, 0.4) is 0 Å². The van der Waals surface area contributed by atoms with Gasteiger partial charge in [-0.1, -0.05) is 203 Å². The molecular weight excluding hydrogens is 805 g/mol. The third kappa shape index (κ3) is 51.7. The van der Waals surface area contributed by atoms with Gasteiger partial charge in [0.15, 0.2) is 6.10 Å². The maximum atomic E-state index is 12.8. The molecule has 0 aliphatic carbocycles. The van der Waals surface area contributed by atoms with Crippen molar-refractivity contribution in [2.24, 2.45) is 0 Å². The highest BCUT2D eigenvalue weighted by molar-refractivity contribution is 5.71. The highest BCUT2D eigenvalue weighted by Gasteiger charge is 2.19. The van der Waals surface area contributed by atoms with Crippen molar-refractivity contribution in [3.63, 3.8) is 0 Å². The highest BCUT2D eigenvalue weighted by atomic mass is 16.6. The van der Waals surface area contributed by atoms with E-state index in [-0.39, 0.29) is 37.5 Å². The van der Waals surface area contributed by atoms with E-state index in [1.54, 1.807) is 0 Å². The topological polar surface area (TPSA) is 78.9 Å². The van der Waals surface area contributed by atoms with Crippen molar-refractivity contribution < 1.29 is 28.6 Å². The summed E-state index contributed by atoms with van der Waals surface area (Å²) in [5.74, 6) is -0.942. The number of rotatable bonds is 49. The summed E-state index contributed by atoms with van der Waals surface area (Å²) in [4.78, 5) is 38.1. The van der Waals surface area contributed by atoms with Gasteiger partial charge in [-0.05, 0) is 116 Å². The van der Waals surface area contributed by atoms with Crippen LogP contribution in [0.2, 0.25) is 0 Å². The summed E-state index contributed by atoms with van der Waals surface area (Å²) in [5.41, 5.74) is 0. The monoisotopic (exact) mass is 907 g/mol. The first kappa shape index (κ1) is 61.9. The van der Waals surface area contributed by atoms with Crippen LogP contribution in [-0.4, -0.2) is 37.2 Å². The van der Waals surface area contributed by atoms with Crippen molar-refractivity contribution in [1.29, 1.82) is 0 Å². The molecule has 0 aromatic carbocycles. The van der Waals surface area contributed by atoms with Crippen LogP contribution >= 0.6 is 0 Å². The first-order valence-electron chi connectivity index (χ1n) is 27.4. The van der Waals surface area contributed by atoms with Gasteiger partial charge >= 0.3 is 17.9 Å². The van der Waals surface area contributed by atoms with Gasteiger partial charge in [0, 0.05) is 19.3 Å². The van der Waals surface area contributed by atoms with Crippen molar-refractivity contribution in [2.75, 3.05) is 13.2 Å². The number of unbranched alkanes of at least 4 members (excludes halogenated alkanes) is 26. The van der Waals surface area contributed by atoms with Crippen LogP contribution in [0.5, 0.6) is 0 Å². The zero-order valence-electron chi connectivity index (χ0n) is 42.7. The van der Waals surface area contributed by atoms with Crippen LogP contribution in [0.1, 0.15) is 265 Å². The summed E-state index contributed by atoms with van der Waals surface area (Å²) in [7, 11) is 0. The van der Waals surface area contributed by atoms with Crippen molar-refractivity contribution in [3.05, 3.63) is 72.9 Å². The second-order valence-electron chi connectivity index (χ2n) is 18.1. The summed E-state index contributed by atoms with van der Waals surface area (Å²) in [5, 5.41) is 0. The normalized spacial score (nSPS) is 12.6. The largest absolute Gasteiger partial charge is 0.462 e. The molecule has 0 spiro atoms. The number of ether oxygens (including phenoxy) is 3. The average molecular weight is 907 g/mol. The van der Waals surface area contributed by atoms with E-state index in [0.29, 0.717) is 19.3 Å². The third-order valence-electron chi connectivity index (χ3n) is 11.7. The number of hydrogen-bond donors (Lipinski definition) is 0. The van der Waals surface area contributed by atoms with E-state index in [2.05, 4.69) is 93.7 Å². The van der Waals surface area contributed by atoms with Gasteiger partial charge in [0.05, 0.1) is 0 Å². The van der Waals surface area contributed by atoms with Gasteiger partial charge in [-0.15, -0.1) is 0 Å². The van der Waals surface area contributed by atoms with Gasteiger partial charge in [-0.3, -0.25) is 14.4 Å². The van der Waals surface area contributed by atoms with Crippen molar-refractivity contribution in [1.82, 2.24) is 0 Å². The quantitative estimate of drug-likeness (QED) is 0.0262. The molecule has 0 saturated carbocycles. The fourth-order valence-electron chi connectivity index (χ4n) is 7.47. The van der Waals surface area contributed by atoms with Gasteiger partial charge in [0.25, 0.3) is 0 Å². The number of hydrogen-bond acceptors (Lipinski definition) is 6. The Bertz CT molecular complexity index is 1230. The Balaban J connectivity index is 4.45. The molecule has 0 aromatic rings. The summed E-state index contributed by atoms with van der Waals surface area (Å²) in [6.07, 6.45) is 67.4. The molecule has 0 fully saturated rings. The number of allylic oxidation sites excluding steroid dienone is 12. The molecule has 0 heterocycles. The predicted molar refractivity (Wildman–Crippen MR) is 279 cm³/mol. The first-order valence-corrected chi connectivity index (χ1v) is 27.4. The van der Waals surface area contributed by atoms with E-state index in [4.69, 9.17) is 14.2 Å². The fourth-order valence-corrected chi connectivity index (χ4v) is 7.47. The van der Waals surface area contributed by atoms with E-state index in [9.17, 15) is 14.4 Å². The fraction of sp³-hybridized carbons (Fsp3) is 0.746. The summed E-state index contributed by atoms with van der Waals surface area (Å²) in [6, 6.07) is 0. The second kappa shape index (κ2) is 53.5. The predicted octanol–water partition coefficient (Wildman–Crippen LogP) is 18.2. The van der Waals surface area contributed by atoms with Crippen molar-refractivity contribution in [3.8, 4) is 0 Å². The molecule has 0 unspecified atom stereocenters. The third-order valence-corrected chi connectivity index (χ3v) is 11.7. The smallest absolute Gasteiger partial charge is 0.306 e. The molecule has 6 nitrogen and oxygen atoms in total. The first-order chi connectivity index (χ1) is 32.0. The SMILES string of the molecule is CCCCC/C=C\C/C=C\C/C=C\CCCCC(=O)O[C@H](COC(=O)CCCCCCCCC/C=C\C/C=C\CCCCC)COC(=O)CCCCCCCCC/C=C\CCCCCC. The Morgan fingerprint density at radius 3 is 0.938 bits per heavy atom. The Labute approximate surface area is 402 Å². The number of carbonyl (C=O) groups excluding carboxylic acids is 3. The lowest BCUT2D eigenvalue weighted by atomic mass is 10.1. The molecule has 0 aliphatic rings. The molecule has 0 rings (SSSR count). The van der Waals surface area contributed by atoms with E-state index in [1.165, 1.54) is 141 Å². The minimum atomic E-state index is -0.800. The van der Waals surface area contributed by atoms with Crippen molar-refractivity contribution >= 4 is 17.9 Å². The molecule has 6 heteroatoms. The Kier molecular flexibility index (Phi) is 50.9. The molecule has 0 N–H and O–H groups in total. The standard InChI is InChI=1S/C59H102O6/c1-4-7-10-13-16-19-22-25-28-29-32-34-37-40-43-46-49-52-58(61)64-55-56(65-59(62)53-50-47-44-41-38-35-31-27-24-21-18-15-12-9-6-3)54-63-57(60)51-48-45-42-39-36-33-30-26-23-20-17-14-11-8-5-2/h16,18-21,23,25,27-28,31,38,41,56H,4-15,17,22,24,26,29-30,32-37,39-40,42-55H2,1-3H3/b19-16-,21-18-,23-20-,28-25-,31-27-,41-38-/t56-/m0/s1. The maximum absolute atomic E-state index is 12.8. The zero-order valence-corrected chi connectivity index (χ0v) is 42.7. The summed E-state index contributed by atoms with van der Waals surface area (Å²) >= 11 is 0. The molecular formula is C59H102O6. The van der Waals surface area contributed by atoms with Gasteiger partial charge in [-0.2, -0.15) is 0 Å². The van der Waals surface area contributed by atoms with Crippen LogP contribution in [0.4, 0.5) is 0 Å². The van der Waals surface area contributed by atoms with Gasteiger partial charge in [-0.25, -0.2) is 0 Å². The molecule has 0 radical (unpaired) electrons. The minimum Gasteiger partial charge on any atom is -0.462 e. The second-order valence-corrected chi connectivity index (χ2v) is 18.1. The van der Waals surface area contributed by atoms with Crippen LogP contribution < -0.4 is 0 Å². The van der Waals surface area contributed by atoms with Crippen LogP contribution in [0, 0.1) is 0 Å². The molecule has 65 heavy (non-hydrogen) atoms. The van der Waals surface area contributed by atoms with Crippen molar-refractivity contribution in [2.45, 2.75) is 271 Å². The number of carbonyl (C=O) groups is 3. The molecule has 0 aliphatic heterocycles. The molecule has 0 aromatic heterocycles. The van der Waals surface area contributed by atoms with E-state index >= 15 is 0 Å². The van der Waals surface area contributed by atoms with Gasteiger partial charge in [0.2, 0.25) is 0 Å². The Morgan fingerprint density at radius 1 is 0.308 bits per heavy atom. The molecule has 0 bridgehead atoms. The zero-order chi connectivity index (χ0) is 47.2. The average Bonchev–Trinajstić information content (AvgIpc) is 3.30. The molecule has 374 valence electrons. The van der Waals surface area contributed by atoms with Crippen LogP contribution in [0.25, 0.3) is 0 Å². The Hall–Kier alpha value is -3.15. The van der Waals surface area contributed by atoms with E-state index < -0.39 is 6.10 Å². The van der Waals surface area contributed by atoms with Crippen LogP contribution in [-0.2, 0) is 28.6 Å². The van der Waals surface area contributed by atoms with E-state index in [1.807, 2.05) is 0 Å². The maximum Gasteiger partial charge on any atom is 0.306 e. The summed E-state index contributed by atoms with van der Waals surface area (Å²) in [6.45, 7) is 6.54. The highest BCUT2D eigenvalue weighted by Crippen LogP contribution is 2.14. The lowest BCUT2D eigenvalue weighted by molar-refractivity contribution is -0.167. The number of esters is 3. The molecule has 1 atom stereocenters.